The van der Waals surface area contributed by atoms with Crippen LogP contribution in [0.25, 0.3) is 5.82 Å². The Labute approximate surface area is 192 Å². The molecule has 0 saturated heterocycles. The second-order valence-corrected chi connectivity index (χ2v) is 7.10. The van der Waals surface area contributed by atoms with Crippen molar-refractivity contribution in [2.24, 2.45) is 10.9 Å². The first kappa shape index (κ1) is 23.6. The molecule has 0 fully saturated rings. The van der Waals surface area contributed by atoms with Gasteiger partial charge in [0, 0.05) is 17.5 Å². The van der Waals surface area contributed by atoms with E-state index in [1.165, 1.54) is 0 Å². The van der Waals surface area contributed by atoms with Crippen molar-refractivity contribution in [2.45, 2.75) is 20.8 Å². The molecular weight excluding hydrogens is 424 g/mol. The SMILES string of the molecule is CCOc1ccc(OCCNC(=O)CO/N=C(/N)c2ccc(-n3nc(C)cc3C)nc2)cc1. The van der Waals surface area contributed by atoms with E-state index < -0.39 is 0 Å². The van der Waals surface area contributed by atoms with Crippen molar-refractivity contribution in [3.63, 3.8) is 0 Å². The predicted molar refractivity (Wildman–Crippen MR) is 124 cm³/mol. The fourth-order valence-corrected chi connectivity index (χ4v) is 2.95. The number of aromatic nitrogens is 3. The summed E-state index contributed by atoms with van der Waals surface area (Å²) in [5, 5.41) is 10.9. The molecule has 0 atom stereocenters. The Morgan fingerprint density at radius 3 is 2.45 bits per heavy atom. The number of ether oxygens (including phenoxy) is 2. The first-order chi connectivity index (χ1) is 16.0. The molecule has 1 amide bonds. The number of hydrogen-bond acceptors (Lipinski definition) is 7. The minimum atomic E-state index is -0.333. The fourth-order valence-electron chi connectivity index (χ4n) is 2.95. The third-order valence-electron chi connectivity index (χ3n) is 4.46. The summed E-state index contributed by atoms with van der Waals surface area (Å²) in [7, 11) is 0. The molecule has 1 aromatic carbocycles. The highest BCUT2D eigenvalue weighted by Crippen LogP contribution is 2.17. The minimum absolute atomic E-state index is 0.119. The molecule has 174 valence electrons. The zero-order chi connectivity index (χ0) is 23.6. The minimum Gasteiger partial charge on any atom is -0.494 e. The van der Waals surface area contributed by atoms with Gasteiger partial charge in [-0.3, -0.25) is 4.79 Å². The van der Waals surface area contributed by atoms with E-state index >= 15 is 0 Å². The van der Waals surface area contributed by atoms with Crippen LogP contribution in [0.2, 0.25) is 0 Å². The van der Waals surface area contributed by atoms with Crippen molar-refractivity contribution in [1.29, 1.82) is 0 Å². The third-order valence-corrected chi connectivity index (χ3v) is 4.46. The van der Waals surface area contributed by atoms with Crippen LogP contribution in [0, 0.1) is 13.8 Å². The lowest BCUT2D eigenvalue weighted by Crippen LogP contribution is -2.31. The van der Waals surface area contributed by atoms with Gasteiger partial charge in [0.05, 0.1) is 18.8 Å². The highest BCUT2D eigenvalue weighted by Gasteiger charge is 2.07. The van der Waals surface area contributed by atoms with E-state index in [0.717, 1.165) is 17.1 Å². The lowest BCUT2D eigenvalue weighted by molar-refractivity contribution is -0.125. The number of pyridine rings is 1. The molecule has 3 rings (SSSR count). The summed E-state index contributed by atoms with van der Waals surface area (Å²) in [4.78, 5) is 21.3. The molecule has 10 nitrogen and oxygen atoms in total. The molecule has 33 heavy (non-hydrogen) atoms. The first-order valence-electron chi connectivity index (χ1n) is 10.5. The van der Waals surface area contributed by atoms with Crippen LogP contribution >= 0.6 is 0 Å². The van der Waals surface area contributed by atoms with Crippen LogP contribution < -0.4 is 20.5 Å². The number of carbonyl (C=O) groups is 1. The van der Waals surface area contributed by atoms with Gasteiger partial charge in [-0.05, 0) is 63.2 Å². The van der Waals surface area contributed by atoms with Gasteiger partial charge in [0.2, 0.25) is 0 Å². The Bertz CT molecular complexity index is 1080. The van der Waals surface area contributed by atoms with E-state index in [9.17, 15) is 4.79 Å². The van der Waals surface area contributed by atoms with E-state index in [-0.39, 0.29) is 18.3 Å². The van der Waals surface area contributed by atoms with Crippen LogP contribution in [-0.2, 0) is 9.63 Å². The zero-order valence-electron chi connectivity index (χ0n) is 18.9. The first-order valence-corrected chi connectivity index (χ1v) is 10.5. The van der Waals surface area contributed by atoms with Gasteiger partial charge in [-0.2, -0.15) is 5.10 Å². The number of nitrogens with zero attached hydrogens (tertiary/aromatic N) is 4. The topological polar surface area (TPSA) is 126 Å². The van der Waals surface area contributed by atoms with Crippen LogP contribution in [0.15, 0.2) is 53.8 Å². The lowest BCUT2D eigenvalue weighted by Gasteiger charge is -2.09. The summed E-state index contributed by atoms with van der Waals surface area (Å²) < 4.78 is 12.7. The van der Waals surface area contributed by atoms with Crippen LogP contribution in [-0.4, -0.2) is 52.9 Å². The number of carbonyl (C=O) groups excluding carboxylic acids is 1. The summed E-state index contributed by atoms with van der Waals surface area (Å²) in [5.74, 6) is 1.93. The molecule has 0 spiro atoms. The van der Waals surface area contributed by atoms with Crippen LogP contribution in [0.1, 0.15) is 23.9 Å². The molecule has 0 aliphatic rings. The molecule has 0 unspecified atom stereocenters. The molecule has 3 aromatic rings. The van der Waals surface area contributed by atoms with Gasteiger partial charge in [0.25, 0.3) is 5.91 Å². The largest absolute Gasteiger partial charge is 0.494 e. The number of amidine groups is 1. The number of hydrogen-bond donors (Lipinski definition) is 2. The molecule has 10 heteroatoms. The highest BCUT2D eigenvalue weighted by molar-refractivity contribution is 5.96. The molecule has 0 radical (unpaired) electrons. The summed E-state index contributed by atoms with van der Waals surface area (Å²) in [6.45, 7) is 6.79. The molecular formula is C23H28N6O4. The van der Waals surface area contributed by atoms with Crippen molar-refractivity contribution in [3.05, 3.63) is 65.6 Å². The van der Waals surface area contributed by atoms with Gasteiger partial charge in [0.1, 0.15) is 18.1 Å². The number of oxime groups is 1. The maximum atomic E-state index is 11.9. The Hall–Kier alpha value is -4.08. The molecule has 2 aromatic heterocycles. The van der Waals surface area contributed by atoms with Gasteiger partial charge in [-0.15, -0.1) is 0 Å². The maximum absolute atomic E-state index is 11.9. The van der Waals surface area contributed by atoms with Crippen LogP contribution in [0.3, 0.4) is 0 Å². The van der Waals surface area contributed by atoms with E-state index in [4.69, 9.17) is 20.0 Å². The Morgan fingerprint density at radius 1 is 1.12 bits per heavy atom. The Kier molecular flexibility index (Phi) is 8.23. The summed E-state index contributed by atoms with van der Waals surface area (Å²) in [6, 6.07) is 12.8. The number of aryl methyl sites for hydroxylation is 2. The Balaban J connectivity index is 1.38. The number of nitrogens with two attached hydrogens (primary N) is 1. The van der Waals surface area contributed by atoms with Gasteiger partial charge >= 0.3 is 0 Å². The number of rotatable bonds is 11. The van der Waals surface area contributed by atoms with Gasteiger partial charge in [-0.25, -0.2) is 9.67 Å². The van der Waals surface area contributed by atoms with Gasteiger partial charge in [-0.1, -0.05) is 5.16 Å². The lowest BCUT2D eigenvalue weighted by atomic mass is 10.2. The molecule has 2 heterocycles. The van der Waals surface area contributed by atoms with Crippen molar-refractivity contribution in [1.82, 2.24) is 20.1 Å². The quantitative estimate of drug-likeness (QED) is 0.197. The van der Waals surface area contributed by atoms with Crippen molar-refractivity contribution in [3.8, 4) is 17.3 Å². The van der Waals surface area contributed by atoms with E-state index in [2.05, 4.69) is 20.6 Å². The maximum Gasteiger partial charge on any atom is 0.260 e. The molecule has 0 saturated carbocycles. The third kappa shape index (κ3) is 6.96. The summed E-state index contributed by atoms with van der Waals surface area (Å²) in [6.07, 6.45) is 1.58. The summed E-state index contributed by atoms with van der Waals surface area (Å²) in [5.41, 5.74) is 8.39. The molecule has 0 bridgehead atoms. The fraction of sp³-hybridized carbons (Fsp3) is 0.304. The van der Waals surface area contributed by atoms with Crippen molar-refractivity contribution in [2.75, 3.05) is 26.4 Å². The van der Waals surface area contributed by atoms with Crippen molar-refractivity contribution >= 4 is 11.7 Å². The van der Waals surface area contributed by atoms with E-state index in [1.807, 2.05) is 51.1 Å². The summed E-state index contributed by atoms with van der Waals surface area (Å²) >= 11 is 0. The monoisotopic (exact) mass is 452 g/mol. The second-order valence-electron chi connectivity index (χ2n) is 7.10. The van der Waals surface area contributed by atoms with Gasteiger partial charge in [0.15, 0.2) is 18.3 Å². The van der Waals surface area contributed by atoms with Crippen molar-refractivity contribution < 1.29 is 19.1 Å². The molecule has 3 N–H and O–H groups in total. The van der Waals surface area contributed by atoms with E-state index in [0.29, 0.717) is 36.9 Å². The molecule has 0 aliphatic heterocycles. The second kappa shape index (κ2) is 11.5. The average Bonchev–Trinajstić information content (AvgIpc) is 3.16. The Morgan fingerprint density at radius 2 is 1.85 bits per heavy atom. The molecule has 0 aliphatic carbocycles. The average molecular weight is 453 g/mol. The number of nitrogens with one attached hydrogen (secondary N) is 1. The normalized spacial score (nSPS) is 11.2. The van der Waals surface area contributed by atoms with Crippen LogP contribution in [0.5, 0.6) is 11.5 Å². The standard InChI is InChI=1S/C23H28N6O4/c1-4-31-19-6-8-20(9-7-19)32-12-11-25-22(30)15-33-28-23(24)18-5-10-21(26-14-18)29-17(3)13-16(2)27-29/h5-10,13-14H,4,11-12,15H2,1-3H3,(H2,24,28)(H,25,30). The smallest absolute Gasteiger partial charge is 0.260 e. The highest BCUT2D eigenvalue weighted by atomic mass is 16.6. The zero-order valence-corrected chi connectivity index (χ0v) is 18.9. The van der Waals surface area contributed by atoms with E-state index in [1.54, 1.807) is 23.0 Å². The van der Waals surface area contributed by atoms with Gasteiger partial charge < -0.3 is 25.4 Å². The number of amides is 1. The number of benzene rings is 1. The van der Waals surface area contributed by atoms with Crippen LogP contribution in [0.4, 0.5) is 0 Å². The predicted octanol–water partition coefficient (Wildman–Crippen LogP) is 2.11.